The summed E-state index contributed by atoms with van der Waals surface area (Å²) in [5, 5.41) is 5.92. The van der Waals surface area contributed by atoms with Gasteiger partial charge in [-0.15, -0.1) is 0 Å². The van der Waals surface area contributed by atoms with Crippen molar-refractivity contribution in [3.63, 3.8) is 0 Å². The van der Waals surface area contributed by atoms with E-state index < -0.39 is 0 Å². The lowest BCUT2D eigenvalue weighted by molar-refractivity contribution is -0.115. The van der Waals surface area contributed by atoms with Crippen LogP contribution in [0.4, 0.5) is 5.69 Å². The van der Waals surface area contributed by atoms with Crippen LogP contribution in [0.2, 0.25) is 0 Å². The van der Waals surface area contributed by atoms with E-state index in [4.69, 9.17) is 4.42 Å². The zero-order valence-corrected chi connectivity index (χ0v) is 12.1. The fraction of sp³-hybridized carbons (Fsp3) is 0.214. The maximum absolute atomic E-state index is 11.8. The second-order valence-corrected chi connectivity index (χ2v) is 5.09. The molecule has 1 aromatic heterocycles. The first-order valence-corrected chi connectivity index (χ1v) is 6.76. The SMILES string of the molecule is C[C@@H](NCC(=O)Nc1ccc(Br)cc1)c1ccco1. The van der Waals surface area contributed by atoms with Crippen LogP contribution < -0.4 is 10.6 Å². The zero-order chi connectivity index (χ0) is 13.7. The van der Waals surface area contributed by atoms with Gasteiger partial charge in [-0.1, -0.05) is 15.9 Å². The molecule has 2 rings (SSSR count). The quantitative estimate of drug-likeness (QED) is 0.887. The van der Waals surface area contributed by atoms with Gasteiger partial charge in [-0.25, -0.2) is 0 Å². The van der Waals surface area contributed by atoms with Gasteiger partial charge < -0.3 is 9.73 Å². The molecule has 1 heterocycles. The van der Waals surface area contributed by atoms with Crippen molar-refractivity contribution >= 4 is 27.5 Å². The predicted octanol–water partition coefficient (Wildman–Crippen LogP) is 3.33. The first-order valence-electron chi connectivity index (χ1n) is 5.97. The number of amides is 1. The minimum Gasteiger partial charge on any atom is -0.468 e. The molecule has 2 aromatic rings. The summed E-state index contributed by atoms with van der Waals surface area (Å²) in [6, 6.07) is 11.2. The van der Waals surface area contributed by atoms with E-state index in [0.717, 1.165) is 15.9 Å². The van der Waals surface area contributed by atoms with Crippen LogP contribution in [-0.2, 0) is 4.79 Å². The van der Waals surface area contributed by atoms with Crippen molar-refractivity contribution in [3.8, 4) is 0 Å². The Morgan fingerprint density at radius 2 is 2.05 bits per heavy atom. The molecule has 0 spiro atoms. The molecule has 100 valence electrons. The Labute approximate surface area is 120 Å². The lowest BCUT2D eigenvalue weighted by atomic mass is 10.2. The summed E-state index contributed by atoms with van der Waals surface area (Å²) in [5.41, 5.74) is 0.778. The number of anilines is 1. The molecule has 2 N–H and O–H groups in total. The molecule has 0 fully saturated rings. The van der Waals surface area contributed by atoms with Gasteiger partial charge in [-0.3, -0.25) is 10.1 Å². The number of hydrogen-bond donors (Lipinski definition) is 2. The van der Waals surface area contributed by atoms with Crippen LogP contribution in [0.15, 0.2) is 51.6 Å². The number of rotatable bonds is 5. The Kier molecular flexibility index (Phi) is 4.76. The Morgan fingerprint density at radius 1 is 1.32 bits per heavy atom. The van der Waals surface area contributed by atoms with Crippen molar-refractivity contribution in [1.29, 1.82) is 0 Å². The lowest BCUT2D eigenvalue weighted by Gasteiger charge is -2.11. The summed E-state index contributed by atoms with van der Waals surface area (Å²) < 4.78 is 6.24. The Bertz CT molecular complexity index is 523. The molecule has 19 heavy (non-hydrogen) atoms. The van der Waals surface area contributed by atoms with Crippen molar-refractivity contribution in [2.45, 2.75) is 13.0 Å². The summed E-state index contributed by atoms with van der Waals surface area (Å²) in [6.45, 7) is 2.18. The summed E-state index contributed by atoms with van der Waals surface area (Å²) in [5.74, 6) is 0.733. The van der Waals surface area contributed by atoms with Crippen LogP contribution in [0.1, 0.15) is 18.7 Å². The molecule has 0 aliphatic carbocycles. The number of furan rings is 1. The third-order valence-electron chi connectivity index (χ3n) is 2.67. The van der Waals surface area contributed by atoms with Gasteiger partial charge in [-0.05, 0) is 43.3 Å². The fourth-order valence-electron chi connectivity index (χ4n) is 1.62. The number of carbonyl (C=O) groups is 1. The maximum Gasteiger partial charge on any atom is 0.238 e. The van der Waals surface area contributed by atoms with Gasteiger partial charge in [-0.2, -0.15) is 0 Å². The van der Waals surface area contributed by atoms with Crippen LogP contribution in [0.25, 0.3) is 0 Å². The Hall–Kier alpha value is -1.59. The molecule has 4 nitrogen and oxygen atoms in total. The van der Waals surface area contributed by atoms with E-state index in [9.17, 15) is 4.79 Å². The van der Waals surface area contributed by atoms with Crippen molar-refractivity contribution in [2.75, 3.05) is 11.9 Å². The standard InChI is InChI=1S/C14H15BrN2O2/c1-10(13-3-2-8-19-13)16-9-14(18)17-12-6-4-11(15)5-7-12/h2-8,10,16H,9H2,1H3,(H,17,18)/t10-/m1/s1. The molecule has 0 bridgehead atoms. The monoisotopic (exact) mass is 322 g/mol. The summed E-state index contributed by atoms with van der Waals surface area (Å²) in [7, 11) is 0. The molecule has 0 saturated carbocycles. The van der Waals surface area contributed by atoms with Gasteiger partial charge in [0.25, 0.3) is 0 Å². The highest BCUT2D eigenvalue weighted by Crippen LogP contribution is 2.14. The number of carbonyl (C=O) groups excluding carboxylic acids is 1. The third kappa shape index (κ3) is 4.22. The van der Waals surface area contributed by atoms with E-state index in [0.29, 0.717) is 0 Å². The van der Waals surface area contributed by atoms with Crippen LogP contribution in [0, 0.1) is 0 Å². The average Bonchev–Trinajstić information content (AvgIpc) is 2.93. The van der Waals surface area contributed by atoms with Crippen LogP contribution >= 0.6 is 15.9 Å². The van der Waals surface area contributed by atoms with E-state index in [2.05, 4.69) is 26.6 Å². The molecule has 1 aromatic carbocycles. The molecule has 0 radical (unpaired) electrons. The van der Waals surface area contributed by atoms with Gasteiger partial charge in [0.2, 0.25) is 5.91 Å². The Balaban J connectivity index is 1.80. The van der Waals surface area contributed by atoms with Crippen LogP contribution in [-0.4, -0.2) is 12.5 Å². The molecule has 5 heteroatoms. The number of benzene rings is 1. The Morgan fingerprint density at radius 3 is 2.68 bits per heavy atom. The van der Waals surface area contributed by atoms with E-state index in [1.54, 1.807) is 6.26 Å². The minimum absolute atomic E-state index is 0.00525. The number of nitrogens with one attached hydrogen (secondary N) is 2. The normalized spacial score (nSPS) is 12.1. The van der Waals surface area contributed by atoms with Gasteiger partial charge in [0.15, 0.2) is 0 Å². The molecule has 1 amide bonds. The molecule has 0 saturated heterocycles. The van der Waals surface area contributed by atoms with E-state index >= 15 is 0 Å². The highest BCUT2D eigenvalue weighted by Gasteiger charge is 2.09. The van der Waals surface area contributed by atoms with Crippen molar-refractivity contribution in [2.24, 2.45) is 0 Å². The smallest absolute Gasteiger partial charge is 0.238 e. The maximum atomic E-state index is 11.8. The van der Waals surface area contributed by atoms with E-state index in [-0.39, 0.29) is 18.5 Å². The van der Waals surface area contributed by atoms with E-state index in [1.807, 2.05) is 43.3 Å². The zero-order valence-electron chi connectivity index (χ0n) is 10.5. The van der Waals surface area contributed by atoms with E-state index in [1.165, 1.54) is 0 Å². The summed E-state index contributed by atoms with van der Waals surface area (Å²) in [6.07, 6.45) is 1.62. The van der Waals surface area contributed by atoms with Crippen molar-refractivity contribution in [1.82, 2.24) is 5.32 Å². The second kappa shape index (κ2) is 6.54. The number of hydrogen-bond acceptors (Lipinski definition) is 3. The van der Waals surface area contributed by atoms with Crippen molar-refractivity contribution in [3.05, 3.63) is 52.9 Å². The molecule has 0 aliphatic heterocycles. The molecule has 0 aliphatic rings. The highest BCUT2D eigenvalue weighted by molar-refractivity contribution is 9.10. The van der Waals surface area contributed by atoms with Gasteiger partial charge in [0.05, 0.1) is 18.8 Å². The number of halogens is 1. The summed E-state index contributed by atoms with van der Waals surface area (Å²) >= 11 is 3.35. The largest absolute Gasteiger partial charge is 0.468 e. The lowest BCUT2D eigenvalue weighted by Crippen LogP contribution is -2.29. The minimum atomic E-state index is -0.0827. The third-order valence-corrected chi connectivity index (χ3v) is 3.20. The van der Waals surface area contributed by atoms with Gasteiger partial charge in [0.1, 0.15) is 5.76 Å². The second-order valence-electron chi connectivity index (χ2n) is 4.17. The van der Waals surface area contributed by atoms with Crippen LogP contribution in [0.3, 0.4) is 0 Å². The first kappa shape index (κ1) is 13.8. The fourth-order valence-corrected chi connectivity index (χ4v) is 1.89. The first-order chi connectivity index (χ1) is 9.15. The summed E-state index contributed by atoms with van der Waals surface area (Å²) in [4.78, 5) is 11.8. The average molecular weight is 323 g/mol. The molecule has 1 atom stereocenters. The molecular formula is C14H15BrN2O2. The predicted molar refractivity (Wildman–Crippen MR) is 77.9 cm³/mol. The molecule has 0 unspecified atom stereocenters. The highest BCUT2D eigenvalue weighted by atomic mass is 79.9. The van der Waals surface area contributed by atoms with Gasteiger partial charge >= 0.3 is 0 Å². The molecular weight excluding hydrogens is 308 g/mol. The van der Waals surface area contributed by atoms with Gasteiger partial charge in [0, 0.05) is 10.2 Å². The topological polar surface area (TPSA) is 54.3 Å². The van der Waals surface area contributed by atoms with Crippen molar-refractivity contribution < 1.29 is 9.21 Å². The van der Waals surface area contributed by atoms with Crippen LogP contribution in [0.5, 0.6) is 0 Å².